The number of hydrogen-bond donors (Lipinski definition) is 2. The Morgan fingerprint density at radius 3 is 3.04 bits per heavy atom. The molecule has 4 rings (SSSR count). The number of ether oxygens (including phenoxy) is 1. The molecular weight excluding hydrogens is 382 g/mol. The van der Waals surface area contributed by atoms with Gasteiger partial charge in [-0.15, -0.1) is 12.4 Å². The fourth-order valence-electron chi connectivity index (χ4n) is 3.52. The van der Waals surface area contributed by atoms with Crippen LogP contribution in [0.3, 0.4) is 0 Å². The molecule has 0 spiro atoms. The molecule has 2 aromatic heterocycles. The highest BCUT2D eigenvalue weighted by atomic mass is 35.5. The molecular formula is C19H24ClN5O3. The van der Waals surface area contributed by atoms with Crippen molar-refractivity contribution in [2.45, 2.75) is 12.3 Å². The summed E-state index contributed by atoms with van der Waals surface area (Å²) in [5.74, 6) is 0.609. The molecule has 1 saturated heterocycles. The fourth-order valence-corrected chi connectivity index (χ4v) is 3.52. The molecule has 28 heavy (non-hydrogen) atoms. The van der Waals surface area contributed by atoms with Crippen LogP contribution in [0.1, 0.15) is 17.4 Å². The third-order valence-corrected chi connectivity index (χ3v) is 4.92. The standard InChI is InChI=1S/C19H23N5O3.ClH/c1-24-11-12(8-21-24)14-9-20-10-15(14)19(25)22-13-3-4-17-16(7-13)23-18(27-17)5-6-26-2;/h3-4,7-8,11,14-15,20H,5-6,9-10H2,1-2H3,(H,22,25);1H/t14-,15+;/m1./s1. The molecule has 1 fully saturated rings. The Morgan fingerprint density at radius 1 is 1.43 bits per heavy atom. The van der Waals surface area contributed by atoms with Gasteiger partial charge >= 0.3 is 0 Å². The smallest absolute Gasteiger partial charge is 0.229 e. The van der Waals surface area contributed by atoms with Crippen molar-refractivity contribution in [2.75, 3.05) is 32.1 Å². The highest BCUT2D eigenvalue weighted by Crippen LogP contribution is 2.29. The molecule has 1 aromatic carbocycles. The second-order valence-corrected chi connectivity index (χ2v) is 6.84. The van der Waals surface area contributed by atoms with Crippen molar-refractivity contribution in [1.29, 1.82) is 0 Å². The zero-order valence-electron chi connectivity index (χ0n) is 15.8. The first kappa shape index (κ1) is 20.3. The Kier molecular flexibility index (Phi) is 6.33. The zero-order valence-corrected chi connectivity index (χ0v) is 16.7. The maximum absolute atomic E-state index is 12.8. The van der Waals surface area contributed by atoms with Crippen molar-refractivity contribution in [1.82, 2.24) is 20.1 Å². The third-order valence-electron chi connectivity index (χ3n) is 4.92. The van der Waals surface area contributed by atoms with Gasteiger partial charge in [0.25, 0.3) is 0 Å². The number of amides is 1. The van der Waals surface area contributed by atoms with Crippen LogP contribution < -0.4 is 10.6 Å². The van der Waals surface area contributed by atoms with Crippen LogP contribution in [-0.4, -0.2) is 47.5 Å². The number of aromatic nitrogens is 3. The van der Waals surface area contributed by atoms with Gasteiger partial charge in [-0.1, -0.05) is 0 Å². The summed E-state index contributed by atoms with van der Waals surface area (Å²) in [6.45, 7) is 1.98. The molecule has 1 aliphatic heterocycles. The average Bonchev–Trinajstić information content (AvgIpc) is 3.37. The highest BCUT2D eigenvalue weighted by molar-refractivity contribution is 5.95. The number of halogens is 1. The summed E-state index contributed by atoms with van der Waals surface area (Å²) >= 11 is 0. The predicted molar refractivity (Wildman–Crippen MR) is 108 cm³/mol. The summed E-state index contributed by atoms with van der Waals surface area (Å²) in [6.07, 6.45) is 4.43. The zero-order chi connectivity index (χ0) is 18.8. The fraction of sp³-hybridized carbons (Fsp3) is 0.421. The lowest BCUT2D eigenvalue weighted by molar-refractivity contribution is -0.119. The lowest BCUT2D eigenvalue weighted by Crippen LogP contribution is -2.28. The monoisotopic (exact) mass is 405 g/mol. The molecule has 0 saturated carbocycles. The first-order chi connectivity index (χ1) is 13.1. The minimum atomic E-state index is -0.139. The molecule has 150 valence electrons. The maximum Gasteiger partial charge on any atom is 0.229 e. The Morgan fingerprint density at radius 2 is 2.29 bits per heavy atom. The summed E-state index contributed by atoms with van der Waals surface area (Å²) < 4.78 is 12.5. The number of nitrogens with one attached hydrogen (secondary N) is 2. The molecule has 2 N–H and O–H groups in total. The van der Waals surface area contributed by atoms with Gasteiger partial charge in [-0.3, -0.25) is 9.48 Å². The minimum absolute atomic E-state index is 0. The Hall–Kier alpha value is -2.42. The first-order valence-corrected chi connectivity index (χ1v) is 9.02. The number of carbonyl (C=O) groups is 1. The van der Waals surface area contributed by atoms with Gasteiger partial charge in [0, 0.05) is 51.5 Å². The van der Waals surface area contributed by atoms with Gasteiger partial charge in [0.1, 0.15) is 5.52 Å². The quantitative estimate of drug-likeness (QED) is 0.652. The normalized spacial score (nSPS) is 18.9. The van der Waals surface area contributed by atoms with Crippen LogP contribution in [0.25, 0.3) is 11.1 Å². The number of benzene rings is 1. The SMILES string of the molecule is COCCc1nc2cc(NC(=O)[C@H]3CNC[C@@H]3c3cnn(C)c3)ccc2o1.Cl. The van der Waals surface area contributed by atoms with Crippen molar-refractivity contribution < 1.29 is 13.9 Å². The van der Waals surface area contributed by atoms with E-state index in [1.807, 2.05) is 37.6 Å². The van der Waals surface area contributed by atoms with Crippen LogP contribution in [0, 0.1) is 5.92 Å². The summed E-state index contributed by atoms with van der Waals surface area (Å²) in [6, 6.07) is 5.52. The molecule has 2 atom stereocenters. The Labute approximate surface area is 169 Å². The van der Waals surface area contributed by atoms with Gasteiger partial charge in [0.2, 0.25) is 5.91 Å². The Bertz CT molecular complexity index is 954. The summed E-state index contributed by atoms with van der Waals surface area (Å²) in [5, 5.41) is 10.6. The number of rotatable bonds is 6. The van der Waals surface area contributed by atoms with Crippen molar-refractivity contribution >= 4 is 35.1 Å². The van der Waals surface area contributed by atoms with Crippen LogP contribution in [0.4, 0.5) is 5.69 Å². The second-order valence-electron chi connectivity index (χ2n) is 6.84. The number of hydrogen-bond acceptors (Lipinski definition) is 6. The molecule has 3 aromatic rings. The Balaban J connectivity index is 0.00000225. The highest BCUT2D eigenvalue weighted by Gasteiger charge is 2.34. The van der Waals surface area contributed by atoms with E-state index < -0.39 is 0 Å². The topological polar surface area (TPSA) is 94.2 Å². The number of oxazole rings is 1. The van der Waals surface area contributed by atoms with Gasteiger partial charge in [0.05, 0.1) is 18.7 Å². The number of nitrogens with zero attached hydrogens (tertiary/aromatic N) is 3. The molecule has 1 amide bonds. The van der Waals surface area contributed by atoms with E-state index in [-0.39, 0.29) is 30.2 Å². The van der Waals surface area contributed by atoms with E-state index >= 15 is 0 Å². The maximum atomic E-state index is 12.8. The van der Waals surface area contributed by atoms with Crippen LogP contribution in [0.15, 0.2) is 35.0 Å². The van der Waals surface area contributed by atoms with E-state index in [0.717, 1.165) is 23.3 Å². The molecule has 9 heteroatoms. The van der Waals surface area contributed by atoms with Gasteiger partial charge in [0.15, 0.2) is 11.5 Å². The van der Waals surface area contributed by atoms with E-state index in [0.29, 0.717) is 31.0 Å². The van der Waals surface area contributed by atoms with Gasteiger partial charge in [-0.05, 0) is 23.8 Å². The van der Waals surface area contributed by atoms with Crippen molar-refractivity contribution in [3.8, 4) is 0 Å². The molecule has 0 radical (unpaired) electrons. The number of carbonyl (C=O) groups excluding carboxylic acids is 1. The lowest BCUT2D eigenvalue weighted by Gasteiger charge is -2.17. The largest absolute Gasteiger partial charge is 0.441 e. The molecule has 0 aliphatic carbocycles. The molecule has 8 nitrogen and oxygen atoms in total. The van der Waals surface area contributed by atoms with Gasteiger partial charge < -0.3 is 19.8 Å². The van der Waals surface area contributed by atoms with E-state index in [1.54, 1.807) is 11.8 Å². The number of anilines is 1. The third kappa shape index (κ3) is 4.19. The summed E-state index contributed by atoms with van der Waals surface area (Å²) in [5.41, 5.74) is 3.23. The molecule has 0 bridgehead atoms. The summed E-state index contributed by atoms with van der Waals surface area (Å²) in [4.78, 5) is 17.3. The molecule has 0 unspecified atom stereocenters. The van der Waals surface area contributed by atoms with Crippen LogP contribution in [0.5, 0.6) is 0 Å². The predicted octanol–water partition coefficient (Wildman–Crippen LogP) is 2.11. The van der Waals surface area contributed by atoms with Crippen molar-refractivity contribution in [2.24, 2.45) is 13.0 Å². The number of methoxy groups -OCH3 is 1. The van der Waals surface area contributed by atoms with Crippen LogP contribution in [0.2, 0.25) is 0 Å². The molecule has 3 heterocycles. The molecule has 1 aliphatic rings. The van der Waals surface area contributed by atoms with Crippen LogP contribution in [-0.2, 0) is 23.0 Å². The van der Waals surface area contributed by atoms with Crippen molar-refractivity contribution in [3.63, 3.8) is 0 Å². The average molecular weight is 406 g/mol. The van der Waals surface area contributed by atoms with Crippen LogP contribution >= 0.6 is 12.4 Å². The minimum Gasteiger partial charge on any atom is -0.441 e. The number of aryl methyl sites for hydroxylation is 1. The second kappa shape index (κ2) is 8.72. The number of fused-ring (bicyclic) bond motifs is 1. The van der Waals surface area contributed by atoms with E-state index in [2.05, 4.69) is 20.7 Å². The first-order valence-electron chi connectivity index (χ1n) is 9.02. The van der Waals surface area contributed by atoms with Gasteiger partial charge in [-0.25, -0.2) is 4.98 Å². The van der Waals surface area contributed by atoms with Crippen molar-refractivity contribution in [3.05, 3.63) is 42.0 Å². The lowest BCUT2D eigenvalue weighted by atomic mass is 9.90. The van der Waals surface area contributed by atoms with E-state index in [4.69, 9.17) is 9.15 Å². The van der Waals surface area contributed by atoms with E-state index in [1.165, 1.54) is 0 Å². The van der Waals surface area contributed by atoms with E-state index in [9.17, 15) is 4.79 Å². The summed E-state index contributed by atoms with van der Waals surface area (Å²) in [7, 11) is 3.53. The van der Waals surface area contributed by atoms with Gasteiger partial charge in [-0.2, -0.15) is 5.10 Å².